The second kappa shape index (κ2) is 3.72. The van der Waals surface area contributed by atoms with Crippen molar-refractivity contribution >= 4 is 5.97 Å². The van der Waals surface area contributed by atoms with Crippen LogP contribution in [0.3, 0.4) is 0 Å². The summed E-state index contributed by atoms with van der Waals surface area (Å²) in [7, 11) is 3.87. The SMILES string of the molecule is CN(C)C(C)(C(=O)O)C12CC3CC(CC(C3)C1)C2. The van der Waals surface area contributed by atoms with Crippen molar-refractivity contribution in [3.63, 3.8) is 0 Å². The Labute approximate surface area is 110 Å². The average molecular weight is 251 g/mol. The van der Waals surface area contributed by atoms with Crippen molar-refractivity contribution in [2.75, 3.05) is 14.1 Å². The molecule has 4 bridgehead atoms. The molecule has 0 saturated heterocycles. The summed E-state index contributed by atoms with van der Waals surface area (Å²) in [6, 6.07) is 0. The summed E-state index contributed by atoms with van der Waals surface area (Å²) in [5.41, 5.74) is -0.667. The Morgan fingerprint density at radius 3 is 1.78 bits per heavy atom. The molecule has 18 heavy (non-hydrogen) atoms. The van der Waals surface area contributed by atoms with Crippen LogP contribution >= 0.6 is 0 Å². The third-order valence-electron chi connectivity index (χ3n) is 6.38. The van der Waals surface area contributed by atoms with Crippen molar-refractivity contribution < 1.29 is 9.90 Å². The van der Waals surface area contributed by atoms with Gasteiger partial charge in [0.25, 0.3) is 0 Å². The molecule has 1 N–H and O–H groups in total. The Balaban J connectivity index is 2.01. The topological polar surface area (TPSA) is 40.5 Å². The zero-order valence-electron chi connectivity index (χ0n) is 11.8. The zero-order chi connectivity index (χ0) is 13.1. The van der Waals surface area contributed by atoms with E-state index in [9.17, 15) is 9.90 Å². The number of nitrogens with zero attached hydrogens (tertiary/aromatic N) is 1. The fourth-order valence-corrected chi connectivity index (χ4v) is 5.60. The van der Waals surface area contributed by atoms with Crippen LogP contribution in [0.1, 0.15) is 45.4 Å². The van der Waals surface area contributed by atoms with Gasteiger partial charge < -0.3 is 5.11 Å². The van der Waals surface area contributed by atoms with E-state index in [2.05, 4.69) is 0 Å². The van der Waals surface area contributed by atoms with Crippen LogP contribution in [-0.2, 0) is 4.79 Å². The number of likely N-dealkylation sites (N-methyl/N-ethyl adjacent to an activating group) is 1. The summed E-state index contributed by atoms with van der Waals surface area (Å²) < 4.78 is 0. The highest BCUT2D eigenvalue weighted by Crippen LogP contribution is 2.64. The molecule has 4 fully saturated rings. The first kappa shape index (κ1) is 12.5. The molecule has 3 heteroatoms. The molecule has 0 radical (unpaired) electrons. The molecule has 0 aliphatic heterocycles. The molecule has 0 spiro atoms. The molecule has 1 unspecified atom stereocenters. The van der Waals surface area contributed by atoms with Crippen molar-refractivity contribution in [2.45, 2.75) is 51.0 Å². The highest BCUT2D eigenvalue weighted by molar-refractivity contribution is 5.79. The standard InChI is InChI=1S/C15H25NO2/c1-14(13(17)18,16(2)3)15-7-10-4-11(8-15)6-12(5-10)9-15/h10-12H,4-9H2,1-3H3,(H,17,18). The van der Waals surface area contributed by atoms with Crippen LogP contribution in [-0.4, -0.2) is 35.6 Å². The number of carboxylic acids is 1. The molecule has 4 rings (SSSR count). The first-order chi connectivity index (χ1) is 8.37. The molecule has 4 aliphatic rings. The van der Waals surface area contributed by atoms with Crippen molar-refractivity contribution in [1.82, 2.24) is 4.90 Å². The number of hydrogen-bond donors (Lipinski definition) is 1. The molecule has 0 amide bonds. The Morgan fingerprint density at radius 1 is 1.11 bits per heavy atom. The predicted octanol–water partition coefficient (Wildman–Crippen LogP) is 2.61. The van der Waals surface area contributed by atoms with Crippen LogP contribution < -0.4 is 0 Å². The van der Waals surface area contributed by atoms with Gasteiger partial charge in [0, 0.05) is 5.41 Å². The molecule has 0 aromatic rings. The van der Waals surface area contributed by atoms with Crippen LogP contribution in [0.15, 0.2) is 0 Å². The van der Waals surface area contributed by atoms with Crippen molar-refractivity contribution in [3.05, 3.63) is 0 Å². The smallest absolute Gasteiger partial charge is 0.324 e. The van der Waals surface area contributed by atoms with E-state index in [0.29, 0.717) is 0 Å². The van der Waals surface area contributed by atoms with Gasteiger partial charge >= 0.3 is 5.97 Å². The minimum absolute atomic E-state index is 0.0249. The molecule has 4 aliphatic carbocycles. The molecule has 3 nitrogen and oxygen atoms in total. The highest BCUT2D eigenvalue weighted by Gasteiger charge is 2.62. The lowest BCUT2D eigenvalue weighted by atomic mass is 9.44. The molecule has 0 heterocycles. The Morgan fingerprint density at radius 2 is 1.50 bits per heavy atom. The van der Waals surface area contributed by atoms with E-state index in [0.717, 1.165) is 37.0 Å². The summed E-state index contributed by atoms with van der Waals surface area (Å²) in [5, 5.41) is 9.82. The van der Waals surface area contributed by atoms with Gasteiger partial charge in [0.2, 0.25) is 0 Å². The molecule has 0 aromatic heterocycles. The van der Waals surface area contributed by atoms with Crippen molar-refractivity contribution in [3.8, 4) is 0 Å². The second-order valence-corrected chi connectivity index (χ2v) is 7.47. The lowest BCUT2D eigenvalue weighted by Gasteiger charge is -2.63. The fraction of sp³-hybridized carbons (Fsp3) is 0.933. The number of rotatable bonds is 3. The third kappa shape index (κ3) is 1.43. The summed E-state index contributed by atoms with van der Waals surface area (Å²) in [6.07, 6.45) is 7.51. The van der Waals surface area contributed by atoms with Gasteiger partial charge in [-0.2, -0.15) is 0 Å². The monoisotopic (exact) mass is 251 g/mol. The number of aliphatic carboxylic acids is 1. The van der Waals surface area contributed by atoms with Crippen LogP contribution in [0.4, 0.5) is 0 Å². The van der Waals surface area contributed by atoms with Gasteiger partial charge in [0.1, 0.15) is 5.54 Å². The minimum Gasteiger partial charge on any atom is -0.480 e. The van der Waals surface area contributed by atoms with Crippen LogP contribution in [0.25, 0.3) is 0 Å². The van der Waals surface area contributed by atoms with Gasteiger partial charge in [-0.05, 0) is 77.3 Å². The fourth-order valence-electron chi connectivity index (χ4n) is 5.60. The first-order valence-corrected chi connectivity index (χ1v) is 7.28. The van der Waals surface area contributed by atoms with Gasteiger partial charge in [-0.3, -0.25) is 9.69 Å². The van der Waals surface area contributed by atoms with Crippen LogP contribution in [0.2, 0.25) is 0 Å². The van der Waals surface area contributed by atoms with E-state index < -0.39 is 11.5 Å². The lowest BCUT2D eigenvalue weighted by molar-refractivity contribution is -0.178. The summed E-state index contributed by atoms with van der Waals surface area (Å²) in [6.45, 7) is 1.96. The van der Waals surface area contributed by atoms with Gasteiger partial charge in [0.05, 0.1) is 0 Å². The molecule has 1 atom stereocenters. The summed E-state index contributed by atoms with van der Waals surface area (Å²) >= 11 is 0. The highest BCUT2D eigenvalue weighted by atomic mass is 16.4. The summed E-state index contributed by atoms with van der Waals surface area (Å²) in [4.78, 5) is 13.9. The van der Waals surface area contributed by atoms with Crippen molar-refractivity contribution in [1.29, 1.82) is 0 Å². The first-order valence-electron chi connectivity index (χ1n) is 7.28. The van der Waals surface area contributed by atoms with E-state index in [1.54, 1.807) is 0 Å². The minimum atomic E-state index is -0.691. The molecule has 102 valence electrons. The largest absolute Gasteiger partial charge is 0.480 e. The Kier molecular flexibility index (Phi) is 2.58. The molecular formula is C15H25NO2. The van der Waals surface area contributed by atoms with Crippen molar-refractivity contribution in [2.24, 2.45) is 23.2 Å². The maximum Gasteiger partial charge on any atom is 0.324 e. The van der Waals surface area contributed by atoms with Gasteiger partial charge in [-0.25, -0.2) is 0 Å². The van der Waals surface area contributed by atoms with Gasteiger partial charge in [-0.15, -0.1) is 0 Å². The van der Waals surface area contributed by atoms with E-state index >= 15 is 0 Å². The van der Waals surface area contributed by atoms with E-state index in [1.807, 2.05) is 25.9 Å². The maximum absolute atomic E-state index is 11.9. The zero-order valence-corrected chi connectivity index (χ0v) is 11.8. The quantitative estimate of drug-likeness (QED) is 0.838. The molecular weight excluding hydrogens is 226 g/mol. The molecule has 4 saturated carbocycles. The summed E-state index contributed by atoms with van der Waals surface area (Å²) in [5.74, 6) is 1.77. The maximum atomic E-state index is 11.9. The van der Waals surface area contributed by atoms with E-state index in [1.165, 1.54) is 19.3 Å². The lowest BCUT2D eigenvalue weighted by Crippen LogP contribution is -2.66. The molecule has 0 aromatic carbocycles. The van der Waals surface area contributed by atoms with Gasteiger partial charge in [0.15, 0.2) is 0 Å². The number of carboxylic acid groups (broad SMARTS) is 1. The van der Waals surface area contributed by atoms with Crippen LogP contribution in [0.5, 0.6) is 0 Å². The average Bonchev–Trinajstić information content (AvgIpc) is 2.25. The van der Waals surface area contributed by atoms with Crippen LogP contribution in [0, 0.1) is 23.2 Å². The third-order valence-corrected chi connectivity index (χ3v) is 6.38. The Bertz CT molecular complexity index is 341. The second-order valence-electron chi connectivity index (χ2n) is 7.47. The van der Waals surface area contributed by atoms with E-state index in [4.69, 9.17) is 0 Å². The normalized spacial score (nSPS) is 45.2. The number of carbonyl (C=O) groups is 1. The van der Waals surface area contributed by atoms with E-state index in [-0.39, 0.29) is 5.41 Å². The Hall–Kier alpha value is -0.570. The predicted molar refractivity (Wildman–Crippen MR) is 70.3 cm³/mol. The van der Waals surface area contributed by atoms with Gasteiger partial charge in [-0.1, -0.05) is 0 Å². The number of hydrogen-bond acceptors (Lipinski definition) is 2.